The summed E-state index contributed by atoms with van der Waals surface area (Å²) in [4.78, 5) is 22.8. The molecule has 0 fully saturated rings. The molecule has 0 saturated carbocycles. The first kappa shape index (κ1) is 16.9. The Hall–Kier alpha value is -1.06. The van der Waals surface area contributed by atoms with Gasteiger partial charge in [0.2, 0.25) is 11.8 Å². The van der Waals surface area contributed by atoms with Crippen LogP contribution in [0.5, 0.6) is 0 Å². The first-order valence-electron chi connectivity index (χ1n) is 7.17. The molecule has 0 aromatic carbocycles. The van der Waals surface area contributed by atoms with Gasteiger partial charge in [-0.2, -0.15) is 0 Å². The third-order valence-corrected chi connectivity index (χ3v) is 2.99. The van der Waals surface area contributed by atoms with E-state index in [0.717, 1.165) is 25.7 Å². The summed E-state index contributed by atoms with van der Waals surface area (Å²) in [6.45, 7) is 7.29. The highest BCUT2D eigenvalue weighted by molar-refractivity contribution is 5.77. The highest BCUT2D eigenvalue weighted by Gasteiger charge is 2.10. The summed E-state index contributed by atoms with van der Waals surface area (Å²) in [5, 5.41) is 5.63. The zero-order valence-corrected chi connectivity index (χ0v) is 12.1. The molecule has 0 rings (SSSR count). The average molecular weight is 256 g/mol. The third kappa shape index (κ3) is 9.02. The highest BCUT2D eigenvalue weighted by atomic mass is 16.2. The summed E-state index contributed by atoms with van der Waals surface area (Å²) >= 11 is 0. The minimum absolute atomic E-state index is 0.0594. The van der Waals surface area contributed by atoms with E-state index in [1.165, 1.54) is 0 Å². The number of rotatable bonds is 10. The molecule has 0 heterocycles. The lowest BCUT2D eigenvalue weighted by molar-refractivity contribution is -0.123. The number of hydrogen-bond acceptors (Lipinski definition) is 2. The van der Waals surface area contributed by atoms with Crippen molar-refractivity contribution in [1.29, 1.82) is 0 Å². The van der Waals surface area contributed by atoms with Crippen molar-refractivity contribution in [3.63, 3.8) is 0 Å². The van der Waals surface area contributed by atoms with E-state index in [1.54, 1.807) is 0 Å². The van der Waals surface area contributed by atoms with Crippen LogP contribution in [0.15, 0.2) is 0 Å². The first-order chi connectivity index (χ1) is 8.63. The Morgan fingerprint density at radius 3 is 2.06 bits per heavy atom. The maximum atomic E-state index is 11.6. The molecule has 18 heavy (non-hydrogen) atoms. The second kappa shape index (κ2) is 11.1. The zero-order valence-electron chi connectivity index (χ0n) is 12.1. The lowest BCUT2D eigenvalue weighted by atomic mass is 9.97. The predicted molar refractivity (Wildman–Crippen MR) is 74.2 cm³/mol. The van der Waals surface area contributed by atoms with Crippen LogP contribution in [-0.2, 0) is 9.59 Å². The summed E-state index contributed by atoms with van der Waals surface area (Å²) in [7, 11) is 0. The molecule has 1 atom stereocenters. The van der Waals surface area contributed by atoms with Gasteiger partial charge in [0.1, 0.15) is 0 Å². The van der Waals surface area contributed by atoms with Crippen LogP contribution in [-0.4, -0.2) is 24.9 Å². The molecule has 1 unspecified atom stereocenters. The lowest BCUT2D eigenvalue weighted by Gasteiger charge is -2.13. The molecule has 4 nitrogen and oxygen atoms in total. The van der Waals surface area contributed by atoms with Crippen molar-refractivity contribution in [2.75, 3.05) is 13.1 Å². The number of hydrogen-bond donors (Lipinski definition) is 2. The summed E-state index contributed by atoms with van der Waals surface area (Å²) in [6.07, 6.45) is 5.30. The molecule has 0 aromatic rings. The fourth-order valence-electron chi connectivity index (χ4n) is 1.91. The molecule has 0 aliphatic rings. The molecule has 2 N–H and O–H groups in total. The Morgan fingerprint density at radius 1 is 0.944 bits per heavy atom. The second-order valence-corrected chi connectivity index (χ2v) is 4.72. The smallest absolute Gasteiger partial charge is 0.220 e. The van der Waals surface area contributed by atoms with Crippen molar-refractivity contribution in [1.82, 2.24) is 10.6 Å². The molecule has 0 bridgehead atoms. The van der Waals surface area contributed by atoms with Crippen LogP contribution >= 0.6 is 0 Å². The minimum Gasteiger partial charge on any atom is -0.354 e. The van der Waals surface area contributed by atoms with Gasteiger partial charge in [-0.3, -0.25) is 9.59 Å². The molecule has 2 amide bonds. The van der Waals surface area contributed by atoms with Gasteiger partial charge in [-0.25, -0.2) is 0 Å². The van der Waals surface area contributed by atoms with Crippen LogP contribution in [0.3, 0.4) is 0 Å². The van der Waals surface area contributed by atoms with Crippen LogP contribution < -0.4 is 10.6 Å². The van der Waals surface area contributed by atoms with Crippen molar-refractivity contribution in [3.05, 3.63) is 0 Å². The van der Waals surface area contributed by atoms with E-state index in [4.69, 9.17) is 0 Å². The van der Waals surface area contributed by atoms with Gasteiger partial charge in [-0.05, 0) is 12.3 Å². The molecule has 0 spiro atoms. The van der Waals surface area contributed by atoms with Crippen molar-refractivity contribution in [2.24, 2.45) is 5.92 Å². The first-order valence-corrected chi connectivity index (χ1v) is 7.17. The van der Waals surface area contributed by atoms with Crippen molar-refractivity contribution in [3.8, 4) is 0 Å². The third-order valence-electron chi connectivity index (χ3n) is 2.99. The number of carbonyl (C=O) groups is 2. The maximum absolute atomic E-state index is 11.6. The Morgan fingerprint density at radius 2 is 1.56 bits per heavy atom. The van der Waals surface area contributed by atoms with Gasteiger partial charge >= 0.3 is 0 Å². The van der Waals surface area contributed by atoms with E-state index in [9.17, 15) is 9.59 Å². The van der Waals surface area contributed by atoms with Gasteiger partial charge in [0.15, 0.2) is 0 Å². The van der Waals surface area contributed by atoms with Crippen LogP contribution in [0.25, 0.3) is 0 Å². The predicted octanol–water partition coefficient (Wildman–Crippen LogP) is 2.24. The van der Waals surface area contributed by atoms with Crippen molar-refractivity contribution < 1.29 is 9.59 Å². The summed E-state index contributed by atoms with van der Waals surface area (Å²) in [5.41, 5.74) is 0. The van der Waals surface area contributed by atoms with Gasteiger partial charge in [0, 0.05) is 25.9 Å². The standard InChI is InChI=1S/C14H28N2O2/c1-4-7-12(6-3)11-14(18)16-10-9-15-13(17)8-5-2/h12H,4-11H2,1-3H3,(H,15,17)(H,16,18). The van der Waals surface area contributed by atoms with Crippen LogP contribution in [0.1, 0.15) is 59.3 Å². The molecule has 0 radical (unpaired) electrons. The van der Waals surface area contributed by atoms with E-state index in [2.05, 4.69) is 24.5 Å². The molecule has 0 aromatic heterocycles. The van der Waals surface area contributed by atoms with Gasteiger partial charge in [-0.1, -0.05) is 40.0 Å². The van der Waals surface area contributed by atoms with Gasteiger partial charge in [-0.15, -0.1) is 0 Å². The van der Waals surface area contributed by atoms with Crippen LogP contribution in [0, 0.1) is 5.92 Å². The molecular weight excluding hydrogens is 228 g/mol. The highest BCUT2D eigenvalue weighted by Crippen LogP contribution is 2.14. The van der Waals surface area contributed by atoms with E-state index in [1.807, 2.05) is 6.92 Å². The Labute approximate surface area is 111 Å². The van der Waals surface area contributed by atoms with E-state index in [0.29, 0.717) is 31.8 Å². The normalized spacial score (nSPS) is 11.9. The fourth-order valence-corrected chi connectivity index (χ4v) is 1.91. The number of amides is 2. The number of nitrogens with one attached hydrogen (secondary N) is 2. The number of carbonyl (C=O) groups excluding carboxylic acids is 2. The summed E-state index contributed by atoms with van der Waals surface area (Å²) in [5.74, 6) is 0.647. The van der Waals surface area contributed by atoms with E-state index < -0.39 is 0 Å². The van der Waals surface area contributed by atoms with Gasteiger partial charge < -0.3 is 10.6 Å². The molecule has 0 aliphatic carbocycles. The monoisotopic (exact) mass is 256 g/mol. The van der Waals surface area contributed by atoms with E-state index >= 15 is 0 Å². The minimum atomic E-state index is 0.0594. The second-order valence-electron chi connectivity index (χ2n) is 4.72. The lowest BCUT2D eigenvalue weighted by Crippen LogP contribution is -2.35. The summed E-state index contributed by atoms with van der Waals surface area (Å²) in [6, 6.07) is 0. The van der Waals surface area contributed by atoms with Gasteiger partial charge in [0.25, 0.3) is 0 Å². The molecule has 0 saturated heterocycles. The van der Waals surface area contributed by atoms with E-state index in [-0.39, 0.29) is 11.8 Å². The molecule has 4 heteroatoms. The average Bonchev–Trinajstić information content (AvgIpc) is 2.34. The van der Waals surface area contributed by atoms with Crippen LogP contribution in [0.4, 0.5) is 0 Å². The largest absolute Gasteiger partial charge is 0.354 e. The summed E-state index contributed by atoms with van der Waals surface area (Å²) < 4.78 is 0. The van der Waals surface area contributed by atoms with Crippen LogP contribution in [0.2, 0.25) is 0 Å². The molecular formula is C14H28N2O2. The van der Waals surface area contributed by atoms with Crippen molar-refractivity contribution >= 4 is 11.8 Å². The SMILES string of the molecule is CCCC(=O)NCCNC(=O)CC(CC)CCC. The Balaban J connectivity index is 3.61. The Bertz CT molecular complexity index is 242. The topological polar surface area (TPSA) is 58.2 Å². The zero-order chi connectivity index (χ0) is 13.8. The molecule has 106 valence electrons. The molecule has 0 aliphatic heterocycles. The van der Waals surface area contributed by atoms with Crippen molar-refractivity contribution in [2.45, 2.75) is 59.3 Å². The quantitative estimate of drug-likeness (QED) is 0.589. The fraction of sp³-hybridized carbons (Fsp3) is 0.857. The maximum Gasteiger partial charge on any atom is 0.220 e. The van der Waals surface area contributed by atoms with Gasteiger partial charge in [0.05, 0.1) is 0 Å². The Kier molecular flexibility index (Phi) is 10.4.